The normalized spacial score (nSPS) is 22.0. The highest BCUT2D eigenvalue weighted by Crippen LogP contribution is 2.46. The summed E-state index contributed by atoms with van der Waals surface area (Å²) in [5, 5.41) is 17.6. The summed E-state index contributed by atoms with van der Waals surface area (Å²) in [6, 6.07) is 0.744. The number of carbonyl (C=O) groups is 4. The van der Waals surface area contributed by atoms with Crippen LogP contribution in [0.25, 0.3) is 10.9 Å². The molecule has 2 aliphatic carbocycles. The van der Waals surface area contributed by atoms with Crippen LogP contribution < -0.4 is 16.0 Å². The lowest BCUT2D eigenvalue weighted by Gasteiger charge is -2.22. The minimum atomic E-state index is -1.29. The van der Waals surface area contributed by atoms with Gasteiger partial charge in [-0.2, -0.15) is 0 Å². The van der Waals surface area contributed by atoms with Gasteiger partial charge >= 0.3 is 5.97 Å². The van der Waals surface area contributed by atoms with Gasteiger partial charge in [0.1, 0.15) is 29.4 Å². The molecule has 186 valence electrons. The SMILES string of the molecule is O=C(NC(CC1CC1)C(=O)NC(C[C@@H]1CC2(CC2)NC1=O)C(=O)O)c1cc2c(F)ccc(F)c2[nH]1. The third-order valence-corrected chi connectivity index (χ3v) is 7.21. The van der Waals surface area contributed by atoms with Crippen LogP contribution in [0.1, 0.15) is 55.4 Å². The molecule has 35 heavy (non-hydrogen) atoms. The molecule has 2 heterocycles. The van der Waals surface area contributed by atoms with Crippen LogP contribution in [0.15, 0.2) is 18.2 Å². The largest absolute Gasteiger partial charge is 0.480 e. The Kier molecular flexibility index (Phi) is 5.72. The Hall–Kier alpha value is -3.50. The molecule has 3 aliphatic rings. The van der Waals surface area contributed by atoms with Crippen molar-refractivity contribution < 1.29 is 33.1 Å². The Morgan fingerprint density at radius 3 is 2.40 bits per heavy atom. The van der Waals surface area contributed by atoms with Gasteiger partial charge in [0.25, 0.3) is 5.91 Å². The van der Waals surface area contributed by atoms with Crippen molar-refractivity contribution in [2.45, 2.75) is 62.6 Å². The first-order valence-electron chi connectivity index (χ1n) is 11.8. The van der Waals surface area contributed by atoms with Gasteiger partial charge in [0.2, 0.25) is 11.8 Å². The lowest BCUT2D eigenvalue weighted by atomic mass is 9.95. The second kappa shape index (κ2) is 8.62. The third-order valence-electron chi connectivity index (χ3n) is 7.21. The highest BCUT2D eigenvalue weighted by molar-refractivity contribution is 6.00. The van der Waals surface area contributed by atoms with E-state index >= 15 is 0 Å². The van der Waals surface area contributed by atoms with E-state index < -0.39 is 47.4 Å². The molecule has 3 fully saturated rings. The van der Waals surface area contributed by atoms with Gasteiger partial charge in [0.15, 0.2) is 0 Å². The lowest BCUT2D eigenvalue weighted by molar-refractivity contribution is -0.142. The van der Waals surface area contributed by atoms with Gasteiger partial charge < -0.3 is 26.0 Å². The van der Waals surface area contributed by atoms with Gasteiger partial charge in [-0.25, -0.2) is 13.6 Å². The molecule has 0 radical (unpaired) electrons. The molecule has 1 aromatic heterocycles. The number of aromatic nitrogens is 1. The summed E-state index contributed by atoms with van der Waals surface area (Å²) in [5.74, 6) is -4.60. The number of rotatable bonds is 9. The number of hydrogen-bond acceptors (Lipinski definition) is 4. The van der Waals surface area contributed by atoms with Crippen molar-refractivity contribution >= 4 is 34.6 Å². The number of halogens is 2. The maximum atomic E-state index is 14.0. The summed E-state index contributed by atoms with van der Waals surface area (Å²) in [7, 11) is 0. The molecule has 2 unspecified atom stereocenters. The van der Waals surface area contributed by atoms with Gasteiger partial charge in [-0.3, -0.25) is 14.4 Å². The van der Waals surface area contributed by atoms with Gasteiger partial charge in [0, 0.05) is 16.8 Å². The van der Waals surface area contributed by atoms with E-state index in [9.17, 15) is 33.1 Å². The number of aromatic amines is 1. The molecule has 11 heteroatoms. The Morgan fingerprint density at radius 1 is 1.09 bits per heavy atom. The first kappa shape index (κ1) is 23.3. The molecule has 1 spiro atoms. The summed E-state index contributed by atoms with van der Waals surface area (Å²) < 4.78 is 28.0. The van der Waals surface area contributed by atoms with Crippen molar-refractivity contribution in [1.82, 2.24) is 20.9 Å². The van der Waals surface area contributed by atoms with E-state index in [0.717, 1.165) is 37.8 Å². The monoisotopic (exact) mass is 488 g/mol. The topological polar surface area (TPSA) is 140 Å². The fraction of sp³-hybridized carbons (Fsp3) is 0.500. The number of fused-ring (bicyclic) bond motifs is 1. The molecule has 1 saturated heterocycles. The molecule has 2 saturated carbocycles. The van der Waals surface area contributed by atoms with Crippen molar-refractivity contribution in [2.24, 2.45) is 11.8 Å². The molecular formula is C24H26F2N4O5. The standard InChI is InChI=1S/C24H26F2N4O5/c25-14-3-4-15(26)19-13(14)9-17(27-19)22(33)28-16(7-11-1-2-11)21(32)29-18(23(34)35)8-12-10-24(5-6-24)30-20(12)31/h3-4,9,11-12,16,18,27H,1-2,5-8,10H2,(H,28,33)(H,29,32)(H,30,31)(H,34,35)/t12-,16?,18?/m1/s1. The minimum absolute atomic E-state index is 0.0423. The van der Waals surface area contributed by atoms with E-state index in [1.807, 2.05) is 0 Å². The van der Waals surface area contributed by atoms with Crippen molar-refractivity contribution in [3.05, 3.63) is 35.5 Å². The quantitative estimate of drug-likeness (QED) is 0.367. The number of H-pyrrole nitrogens is 1. The van der Waals surface area contributed by atoms with Crippen molar-refractivity contribution in [3.63, 3.8) is 0 Å². The predicted molar refractivity (Wildman–Crippen MR) is 119 cm³/mol. The van der Waals surface area contributed by atoms with Crippen LogP contribution in [0.3, 0.4) is 0 Å². The Labute approximate surface area is 199 Å². The van der Waals surface area contributed by atoms with E-state index in [-0.39, 0.29) is 40.4 Å². The zero-order valence-corrected chi connectivity index (χ0v) is 18.8. The van der Waals surface area contributed by atoms with Crippen LogP contribution in [0.5, 0.6) is 0 Å². The summed E-state index contributed by atoms with van der Waals surface area (Å²) in [6.07, 6.45) is 4.32. The van der Waals surface area contributed by atoms with Crippen molar-refractivity contribution in [3.8, 4) is 0 Å². The first-order chi connectivity index (χ1) is 16.6. The number of aliphatic carboxylic acids is 1. The van der Waals surface area contributed by atoms with Crippen LogP contribution in [0.2, 0.25) is 0 Å². The highest BCUT2D eigenvalue weighted by Gasteiger charge is 2.53. The number of hydrogen-bond donors (Lipinski definition) is 5. The van der Waals surface area contributed by atoms with E-state index in [4.69, 9.17) is 0 Å². The van der Waals surface area contributed by atoms with Crippen LogP contribution in [0, 0.1) is 23.5 Å². The van der Waals surface area contributed by atoms with Gasteiger partial charge in [-0.15, -0.1) is 0 Å². The van der Waals surface area contributed by atoms with Crippen LogP contribution in [0.4, 0.5) is 8.78 Å². The molecule has 5 N–H and O–H groups in total. The zero-order chi connectivity index (χ0) is 24.9. The molecule has 0 bridgehead atoms. The number of carbonyl (C=O) groups excluding carboxylic acids is 3. The summed E-state index contributed by atoms with van der Waals surface area (Å²) in [5.41, 5.74) is -0.493. The number of benzene rings is 1. The van der Waals surface area contributed by atoms with Gasteiger partial charge in [-0.1, -0.05) is 12.8 Å². The molecule has 3 amide bonds. The second-order valence-corrected chi connectivity index (χ2v) is 10.0. The predicted octanol–water partition coefficient (Wildman–Crippen LogP) is 1.97. The highest BCUT2D eigenvalue weighted by atomic mass is 19.1. The molecular weight excluding hydrogens is 462 g/mol. The minimum Gasteiger partial charge on any atom is -0.480 e. The van der Waals surface area contributed by atoms with Gasteiger partial charge in [-0.05, 0) is 56.2 Å². The Balaban J connectivity index is 1.28. The zero-order valence-electron chi connectivity index (χ0n) is 18.8. The van der Waals surface area contributed by atoms with Gasteiger partial charge in [0.05, 0.1) is 5.52 Å². The number of carboxylic acids is 1. The number of amides is 3. The lowest BCUT2D eigenvalue weighted by Crippen LogP contribution is -2.52. The van der Waals surface area contributed by atoms with E-state index in [1.165, 1.54) is 6.07 Å². The fourth-order valence-electron chi connectivity index (χ4n) is 4.85. The molecule has 5 rings (SSSR count). The van der Waals surface area contributed by atoms with E-state index in [2.05, 4.69) is 20.9 Å². The Bertz CT molecular complexity index is 1180. The summed E-state index contributed by atoms with van der Waals surface area (Å²) in [4.78, 5) is 52.5. The molecule has 1 aliphatic heterocycles. The smallest absolute Gasteiger partial charge is 0.326 e. The number of nitrogens with one attached hydrogen (secondary N) is 4. The molecule has 3 atom stereocenters. The van der Waals surface area contributed by atoms with Crippen LogP contribution in [-0.4, -0.2) is 51.4 Å². The summed E-state index contributed by atoms with van der Waals surface area (Å²) >= 11 is 0. The average molecular weight is 488 g/mol. The fourth-order valence-corrected chi connectivity index (χ4v) is 4.85. The van der Waals surface area contributed by atoms with Crippen molar-refractivity contribution in [2.75, 3.05) is 0 Å². The Morgan fingerprint density at radius 2 is 1.80 bits per heavy atom. The van der Waals surface area contributed by atoms with Crippen molar-refractivity contribution in [1.29, 1.82) is 0 Å². The second-order valence-electron chi connectivity index (χ2n) is 10.0. The third kappa shape index (κ3) is 4.85. The maximum Gasteiger partial charge on any atom is 0.326 e. The molecule has 2 aromatic rings. The molecule has 1 aromatic carbocycles. The number of carboxylic acid groups (broad SMARTS) is 1. The summed E-state index contributed by atoms with van der Waals surface area (Å²) in [6.45, 7) is 0. The van der Waals surface area contributed by atoms with E-state index in [1.54, 1.807) is 0 Å². The molecule has 9 nitrogen and oxygen atoms in total. The maximum absolute atomic E-state index is 14.0. The first-order valence-corrected chi connectivity index (χ1v) is 11.8. The van der Waals surface area contributed by atoms with Crippen LogP contribution in [-0.2, 0) is 14.4 Å². The average Bonchev–Trinajstić information content (AvgIpc) is 3.69. The van der Waals surface area contributed by atoms with Crippen LogP contribution >= 0.6 is 0 Å². The van der Waals surface area contributed by atoms with E-state index in [0.29, 0.717) is 12.8 Å².